The van der Waals surface area contributed by atoms with Gasteiger partial charge in [0, 0.05) is 35.6 Å². The number of carbonyl (C=O) groups is 3. The number of aromatic nitrogens is 1. The van der Waals surface area contributed by atoms with E-state index >= 15 is 0 Å². The van der Waals surface area contributed by atoms with E-state index in [4.69, 9.17) is 0 Å². The molecule has 2 aromatic carbocycles. The van der Waals surface area contributed by atoms with Crippen LogP contribution in [-0.4, -0.2) is 28.2 Å². The number of para-hydroxylation sites is 1. The third-order valence-corrected chi connectivity index (χ3v) is 5.97. The molecule has 3 aromatic rings. The molecule has 0 saturated carbocycles. The molecule has 0 aliphatic carbocycles. The fourth-order valence-electron chi connectivity index (χ4n) is 3.66. The van der Waals surface area contributed by atoms with E-state index in [9.17, 15) is 14.4 Å². The van der Waals surface area contributed by atoms with Gasteiger partial charge in [0.15, 0.2) is 5.13 Å². The Balaban J connectivity index is 1.97. The van der Waals surface area contributed by atoms with Gasteiger partial charge in [0.05, 0.1) is 0 Å². The minimum atomic E-state index is -0.898. The summed E-state index contributed by atoms with van der Waals surface area (Å²) in [6.45, 7) is 9.58. The number of rotatable bonds is 8. The van der Waals surface area contributed by atoms with Crippen LogP contribution in [0.25, 0.3) is 0 Å². The average Bonchev–Trinajstić information content (AvgIpc) is 3.29. The van der Waals surface area contributed by atoms with Crippen molar-refractivity contribution in [2.75, 3.05) is 10.2 Å². The van der Waals surface area contributed by atoms with Gasteiger partial charge >= 0.3 is 0 Å². The Labute approximate surface area is 210 Å². The van der Waals surface area contributed by atoms with Crippen molar-refractivity contribution in [1.82, 2.24) is 10.3 Å². The van der Waals surface area contributed by atoms with Crippen molar-refractivity contribution in [2.24, 2.45) is 0 Å². The molecule has 2 N–H and O–H groups in total. The highest BCUT2D eigenvalue weighted by Gasteiger charge is 2.35. The second-order valence-corrected chi connectivity index (χ2v) is 10.4. The van der Waals surface area contributed by atoms with Crippen molar-refractivity contribution in [3.63, 3.8) is 0 Å². The Morgan fingerprint density at radius 1 is 1.00 bits per heavy atom. The van der Waals surface area contributed by atoms with Gasteiger partial charge in [0.2, 0.25) is 17.7 Å². The van der Waals surface area contributed by atoms with Crippen LogP contribution in [0, 0.1) is 13.8 Å². The van der Waals surface area contributed by atoms with Crippen LogP contribution in [0.4, 0.5) is 10.8 Å². The van der Waals surface area contributed by atoms with Gasteiger partial charge in [-0.15, -0.1) is 11.3 Å². The quantitative estimate of drug-likeness (QED) is 0.454. The van der Waals surface area contributed by atoms with Crippen LogP contribution in [-0.2, 0) is 14.4 Å². The van der Waals surface area contributed by atoms with Crippen LogP contribution < -0.4 is 15.5 Å². The zero-order valence-corrected chi connectivity index (χ0v) is 21.6. The topological polar surface area (TPSA) is 91.4 Å². The number of nitrogens with zero attached hydrogens (tertiary/aromatic N) is 2. The Morgan fingerprint density at radius 2 is 1.69 bits per heavy atom. The Kier molecular flexibility index (Phi) is 8.40. The summed E-state index contributed by atoms with van der Waals surface area (Å²) in [5, 5.41) is 7.99. The predicted molar refractivity (Wildman–Crippen MR) is 140 cm³/mol. The summed E-state index contributed by atoms with van der Waals surface area (Å²) < 4.78 is 0. The van der Waals surface area contributed by atoms with Gasteiger partial charge in [-0.1, -0.05) is 48.0 Å². The number of benzene rings is 2. The number of thiazole rings is 1. The monoisotopic (exact) mass is 492 g/mol. The smallest absolute Gasteiger partial charge is 0.248 e. The van der Waals surface area contributed by atoms with E-state index in [-0.39, 0.29) is 30.6 Å². The summed E-state index contributed by atoms with van der Waals surface area (Å²) in [4.78, 5) is 45.4. The Hall–Kier alpha value is -3.52. The largest absolute Gasteiger partial charge is 0.349 e. The number of hydrogen-bond donors (Lipinski definition) is 2. The second-order valence-electron chi connectivity index (χ2n) is 9.49. The first-order chi connectivity index (χ1) is 16.5. The van der Waals surface area contributed by atoms with E-state index in [0.29, 0.717) is 16.4 Å². The number of anilines is 2. The van der Waals surface area contributed by atoms with Crippen LogP contribution in [0.5, 0.6) is 0 Å². The number of hydrogen-bond acceptors (Lipinski definition) is 5. The van der Waals surface area contributed by atoms with E-state index < -0.39 is 11.6 Å². The van der Waals surface area contributed by atoms with E-state index in [1.807, 2.05) is 83.1 Å². The summed E-state index contributed by atoms with van der Waals surface area (Å²) in [5.74, 6) is -0.905. The lowest BCUT2D eigenvalue weighted by molar-refractivity contribution is -0.128. The third kappa shape index (κ3) is 7.23. The molecular formula is C27H32N4O3S. The van der Waals surface area contributed by atoms with Gasteiger partial charge in [-0.3, -0.25) is 19.3 Å². The van der Waals surface area contributed by atoms with Gasteiger partial charge in [-0.05, 0) is 51.8 Å². The molecule has 0 spiro atoms. The van der Waals surface area contributed by atoms with Gasteiger partial charge in [-0.25, -0.2) is 4.98 Å². The van der Waals surface area contributed by atoms with Gasteiger partial charge in [-0.2, -0.15) is 0 Å². The second kappa shape index (κ2) is 11.3. The zero-order valence-electron chi connectivity index (χ0n) is 20.8. The van der Waals surface area contributed by atoms with Crippen LogP contribution in [0.1, 0.15) is 56.3 Å². The summed E-state index contributed by atoms with van der Waals surface area (Å²) in [7, 11) is 0. The molecule has 1 aromatic heterocycles. The highest BCUT2D eigenvalue weighted by Crippen LogP contribution is 2.32. The molecule has 0 radical (unpaired) electrons. The number of aryl methyl sites for hydroxylation is 2. The Morgan fingerprint density at radius 3 is 2.29 bits per heavy atom. The lowest BCUT2D eigenvalue weighted by Gasteiger charge is -2.34. The maximum absolute atomic E-state index is 13.7. The first-order valence-corrected chi connectivity index (χ1v) is 12.4. The first kappa shape index (κ1) is 26.1. The standard InChI is InChI=1S/C27H32N4O3S/c1-18-10-12-20(13-11-18)24(25(34)30-27(3,4)5)31(21-9-7-6-8-19(21)2)23(33)15-14-22(32)29-26-28-16-17-35-26/h6-13,16-17,24H,14-15H2,1-5H3,(H,30,34)(H,28,29,32). The molecule has 0 saturated heterocycles. The molecule has 8 heteroatoms. The lowest BCUT2D eigenvalue weighted by Crippen LogP contribution is -2.49. The fourth-order valence-corrected chi connectivity index (χ4v) is 4.21. The van der Waals surface area contributed by atoms with Crippen molar-refractivity contribution in [3.05, 3.63) is 76.8 Å². The van der Waals surface area contributed by atoms with Crippen LogP contribution in [0.3, 0.4) is 0 Å². The molecule has 1 heterocycles. The van der Waals surface area contributed by atoms with Crippen molar-refractivity contribution in [1.29, 1.82) is 0 Å². The lowest BCUT2D eigenvalue weighted by atomic mass is 9.98. The molecule has 0 fully saturated rings. The van der Waals surface area contributed by atoms with Crippen LogP contribution >= 0.6 is 11.3 Å². The molecule has 3 rings (SSSR count). The minimum Gasteiger partial charge on any atom is -0.349 e. The molecule has 7 nitrogen and oxygen atoms in total. The number of nitrogens with one attached hydrogen (secondary N) is 2. The van der Waals surface area contributed by atoms with Crippen LogP contribution in [0.2, 0.25) is 0 Å². The van der Waals surface area contributed by atoms with Gasteiger partial charge < -0.3 is 10.6 Å². The van der Waals surface area contributed by atoms with Crippen molar-refractivity contribution in [2.45, 2.75) is 59.0 Å². The minimum absolute atomic E-state index is 0.0255. The summed E-state index contributed by atoms with van der Waals surface area (Å²) in [6.07, 6.45) is 1.52. The maximum atomic E-state index is 13.7. The molecule has 0 bridgehead atoms. The molecule has 0 aliphatic rings. The van der Waals surface area contributed by atoms with Crippen LogP contribution in [0.15, 0.2) is 60.1 Å². The average molecular weight is 493 g/mol. The number of carbonyl (C=O) groups excluding carboxylic acids is 3. The van der Waals surface area contributed by atoms with E-state index in [2.05, 4.69) is 15.6 Å². The SMILES string of the molecule is Cc1ccc(C(C(=O)NC(C)(C)C)N(C(=O)CCC(=O)Nc2nccs2)c2ccccc2C)cc1. The zero-order chi connectivity index (χ0) is 25.6. The third-order valence-electron chi connectivity index (χ3n) is 5.29. The molecule has 3 amide bonds. The highest BCUT2D eigenvalue weighted by atomic mass is 32.1. The molecule has 1 unspecified atom stereocenters. The normalized spacial score (nSPS) is 12.0. The molecule has 35 heavy (non-hydrogen) atoms. The van der Waals surface area contributed by atoms with E-state index in [1.165, 1.54) is 16.2 Å². The highest BCUT2D eigenvalue weighted by molar-refractivity contribution is 7.13. The molecule has 1 atom stereocenters. The maximum Gasteiger partial charge on any atom is 0.248 e. The molecule has 184 valence electrons. The van der Waals surface area contributed by atoms with Crippen molar-refractivity contribution < 1.29 is 14.4 Å². The summed E-state index contributed by atoms with van der Waals surface area (Å²) in [5.41, 5.74) is 2.74. The summed E-state index contributed by atoms with van der Waals surface area (Å²) >= 11 is 1.31. The summed E-state index contributed by atoms with van der Waals surface area (Å²) in [6, 6.07) is 14.2. The molecular weight excluding hydrogens is 460 g/mol. The van der Waals surface area contributed by atoms with Gasteiger partial charge in [0.25, 0.3) is 0 Å². The van der Waals surface area contributed by atoms with E-state index in [1.54, 1.807) is 11.6 Å². The number of amides is 3. The van der Waals surface area contributed by atoms with Crippen molar-refractivity contribution in [3.8, 4) is 0 Å². The van der Waals surface area contributed by atoms with Crippen molar-refractivity contribution >= 4 is 39.9 Å². The molecule has 0 aliphatic heterocycles. The first-order valence-electron chi connectivity index (χ1n) is 11.5. The van der Waals surface area contributed by atoms with Gasteiger partial charge in [0.1, 0.15) is 6.04 Å². The Bertz CT molecular complexity index is 1170. The predicted octanol–water partition coefficient (Wildman–Crippen LogP) is 5.17. The fraction of sp³-hybridized carbons (Fsp3) is 0.333. The van der Waals surface area contributed by atoms with E-state index in [0.717, 1.165) is 11.1 Å².